The van der Waals surface area contributed by atoms with Crippen LogP contribution in [0.3, 0.4) is 0 Å². The summed E-state index contributed by atoms with van der Waals surface area (Å²) in [5, 5.41) is 0. The summed E-state index contributed by atoms with van der Waals surface area (Å²) in [6, 6.07) is 0. The minimum absolute atomic E-state index is 0. The molecule has 0 spiro atoms. The van der Waals surface area contributed by atoms with Gasteiger partial charge in [-0.2, -0.15) is 0 Å². The molecular formula is C2H6ClFO. The van der Waals surface area contributed by atoms with Crippen LogP contribution in [-0.4, -0.2) is 6.29 Å². The van der Waals surface area contributed by atoms with Crippen molar-refractivity contribution in [1.29, 1.82) is 0 Å². The van der Waals surface area contributed by atoms with Crippen LogP contribution in [0, 0.1) is 0 Å². The molecule has 0 unspecified atom stereocenters. The normalized spacial score (nSPS) is 2.60. The van der Waals surface area contributed by atoms with Gasteiger partial charge in [0.15, 0.2) is 0 Å². The van der Waals surface area contributed by atoms with E-state index < -0.39 is 0 Å². The zero-order chi connectivity index (χ0) is 2.71. The molecule has 0 aromatic carbocycles. The van der Waals surface area contributed by atoms with Crippen molar-refractivity contribution >= 4 is 18.7 Å². The highest BCUT2D eigenvalue weighted by Crippen LogP contribution is 1.13. The Labute approximate surface area is 36.1 Å². The number of halogens is 2. The monoisotopic (exact) mass is 100 g/mol. The molecule has 0 aliphatic rings. The molecule has 0 N–H and O–H groups in total. The number of carbonyl (C=O) groups excluding carboxylic acids is 1. The van der Waals surface area contributed by atoms with Crippen LogP contribution in [0.25, 0.3) is 0 Å². The average molecular weight is 101 g/mol. The molecule has 0 aliphatic carbocycles. The minimum atomic E-state index is 0. The summed E-state index contributed by atoms with van der Waals surface area (Å²) in [7, 11) is 0. The van der Waals surface area contributed by atoms with Crippen molar-refractivity contribution in [3.05, 3.63) is 0 Å². The third kappa shape index (κ3) is 1150. The van der Waals surface area contributed by atoms with Gasteiger partial charge in [0.2, 0.25) is 0 Å². The Morgan fingerprint density at radius 2 is 1.60 bits per heavy atom. The smallest absolute Gasteiger partial charge is 0.116 e. The summed E-state index contributed by atoms with van der Waals surface area (Å²) in [5.74, 6) is 0. The first-order chi connectivity index (χ1) is 1.41. The number of hydrogen-bond donors (Lipinski definition) is 0. The third-order valence-corrected chi connectivity index (χ3v) is 0. The van der Waals surface area contributed by atoms with E-state index in [1.165, 1.54) is 6.92 Å². The van der Waals surface area contributed by atoms with Gasteiger partial charge < -0.3 is 4.79 Å². The molecular weight excluding hydrogens is 94.5 g/mol. The molecule has 0 heterocycles. The fourth-order valence-electron chi connectivity index (χ4n) is 0. The van der Waals surface area contributed by atoms with Gasteiger partial charge in [-0.1, -0.05) is 0 Å². The van der Waals surface area contributed by atoms with Gasteiger partial charge in [0.1, 0.15) is 6.29 Å². The Balaban J connectivity index is -0.0000000200. The Morgan fingerprint density at radius 3 is 1.60 bits per heavy atom. The van der Waals surface area contributed by atoms with Crippen LogP contribution in [0.5, 0.6) is 0 Å². The summed E-state index contributed by atoms with van der Waals surface area (Å²) in [6.45, 7) is 1.44. The van der Waals surface area contributed by atoms with Crippen LogP contribution in [0.1, 0.15) is 6.92 Å². The van der Waals surface area contributed by atoms with Gasteiger partial charge in [0, 0.05) is 0 Å². The Kier molecular flexibility index (Phi) is 170. The molecule has 0 aliphatic heterocycles. The average Bonchev–Trinajstić information content (AvgIpc) is 0.918. The first kappa shape index (κ1) is 20.7. The molecule has 0 rings (SSSR count). The second-order valence-corrected chi connectivity index (χ2v) is 0.236. The minimum Gasteiger partial charge on any atom is -0.304 e. The number of rotatable bonds is 0. The SMILES string of the molecule is CC=O.Cl.F. The van der Waals surface area contributed by atoms with Crippen molar-refractivity contribution in [2.24, 2.45) is 0 Å². The third-order valence-electron chi connectivity index (χ3n) is 0. The van der Waals surface area contributed by atoms with Gasteiger partial charge in [-0.3, -0.25) is 4.70 Å². The maximum absolute atomic E-state index is 8.81. The van der Waals surface area contributed by atoms with E-state index in [9.17, 15) is 0 Å². The van der Waals surface area contributed by atoms with E-state index in [0.29, 0.717) is 0 Å². The summed E-state index contributed by atoms with van der Waals surface area (Å²) in [4.78, 5) is 8.81. The lowest BCUT2D eigenvalue weighted by Crippen LogP contribution is -1.36. The van der Waals surface area contributed by atoms with E-state index in [0.717, 1.165) is 6.29 Å². The first-order valence-corrected chi connectivity index (χ1v) is 0.813. The topological polar surface area (TPSA) is 17.1 Å². The second-order valence-electron chi connectivity index (χ2n) is 0.236. The standard InChI is InChI=1S/C2H4O.ClH.FH/c1-2-3;;/h2H,1H3;2*1H. The predicted molar refractivity (Wildman–Crippen MR) is 21.5 cm³/mol. The summed E-state index contributed by atoms with van der Waals surface area (Å²) >= 11 is 0. The molecule has 3 heteroatoms. The summed E-state index contributed by atoms with van der Waals surface area (Å²) < 4.78 is 0. The van der Waals surface area contributed by atoms with E-state index in [4.69, 9.17) is 4.79 Å². The van der Waals surface area contributed by atoms with Gasteiger partial charge in [0.05, 0.1) is 0 Å². The molecule has 0 atom stereocenters. The van der Waals surface area contributed by atoms with Crippen molar-refractivity contribution in [1.82, 2.24) is 0 Å². The van der Waals surface area contributed by atoms with Crippen molar-refractivity contribution in [2.45, 2.75) is 6.92 Å². The van der Waals surface area contributed by atoms with Crippen molar-refractivity contribution < 1.29 is 9.50 Å². The molecule has 0 amide bonds. The maximum Gasteiger partial charge on any atom is 0.116 e. The highest BCUT2D eigenvalue weighted by molar-refractivity contribution is 5.85. The van der Waals surface area contributed by atoms with Crippen LogP contribution >= 0.6 is 12.4 Å². The van der Waals surface area contributed by atoms with Crippen LogP contribution in [-0.2, 0) is 4.79 Å². The molecule has 5 heavy (non-hydrogen) atoms. The maximum atomic E-state index is 8.81. The lowest BCUT2D eigenvalue weighted by molar-refractivity contribution is -0.106. The van der Waals surface area contributed by atoms with E-state index in [1.54, 1.807) is 0 Å². The molecule has 34 valence electrons. The lowest BCUT2D eigenvalue weighted by Gasteiger charge is -1.23. The Bertz CT molecular complexity index is 17.1. The molecule has 0 saturated carbocycles. The van der Waals surface area contributed by atoms with Gasteiger partial charge in [-0.05, 0) is 6.92 Å². The largest absolute Gasteiger partial charge is 0.304 e. The zero-order valence-corrected chi connectivity index (χ0v) is 3.62. The van der Waals surface area contributed by atoms with Crippen molar-refractivity contribution in [2.75, 3.05) is 0 Å². The highest BCUT2D eigenvalue weighted by Gasteiger charge is 1.24. The van der Waals surface area contributed by atoms with Gasteiger partial charge >= 0.3 is 0 Å². The Hall–Kier alpha value is -0.110. The predicted octanol–water partition coefficient (Wildman–Crippen LogP) is 0.779. The fourth-order valence-corrected chi connectivity index (χ4v) is 0. The van der Waals surface area contributed by atoms with Gasteiger partial charge in [0.25, 0.3) is 0 Å². The first-order valence-electron chi connectivity index (χ1n) is 0.813. The van der Waals surface area contributed by atoms with Crippen molar-refractivity contribution in [3.63, 3.8) is 0 Å². The van der Waals surface area contributed by atoms with E-state index in [-0.39, 0.29) is 17.1 Å². The fraction of sp³-hybridized carbons (Fsp3) is 0.500. The Morgan fingerprint density at radius 1 is 1.60 bits per heavy atom. The molecule has 1 nitrogen and oxygen atoms in total. The van der Waals surface area contributed by atoms with Crippen LogP contribution < -0.4 is 0 Å². The molecule has 0 fully saturated rings. The molecule has 0 aromatic rings. The number of aldehydes is 1. The molecule has 0 saturated heterocycles. The summed E-state index contributed by atoms with van der Waals surface area (Å²) in [5.41, 5.74) is 0. The molecule has 0 bridgehead atoms. The van der Waals surface area contributed by atoms with E-state index in [2.05, 4.69) is 0 Å². The second kappa shape index (κ2) is 41.0. The molecule has 0 radical (unpaired) electrons. The van der Waals surface area contributed by atoms with E-state index in [1.807, 2.05) is 0 Å². The van der Waals surface area contributed by atoms with Gasteiger partial charge in [-0.15, -0.1) is 12.4 Å². The highest BCUT2D eigenvalue weighted by atomic mass is 35.5. The van der Waals surface area contributed by atoms with Crippen molar-refractivity contribution in [3.8, 4) is 0 Å². The number of hydrogen-bond acceptors (Lipinski definition) is 1. The molecule has 0 aromatic heterocycles. The quantitative estimate of drug-likeness (QED) is 0.411. The van der Waals surface area contributed by atoms with Crippen LogP contribution in [0.4, 0.5) is 4.70 Å². The van der Waals surface area contributed by atoms with E-state index >= 15 is 0 Å². The lowest BCUT2D eigenvalue weighted by atomic mass is 11.0. The zero-order valence-electron chi connectivity index (χ0n) is 2.80. The van der Waals surface area contributed by atoms with Crippen LogP contribution in [0.2, 0.25) is 0 Å². The number of carbonyl (C=O) groups is 1. The van der Waals surface area contributed by atoms with Gasteiger partial charge in [-0.25, -0.2) is 0 Å². The summed E-state index contributed by atoms with van der Waals surface area (Å²) in [6.07, 6.45) is 0.750. The van der Waals surface area contributed by atoms with Crippen LogP contribution in [0.15, 0.2) is 0 Å².